The third-order valence-corrected chi connectivity index (χ3v) is 5.81. The minimum atomic E-state index is -2.18. The summed E-state index contributed by atoms with van der Waals surface area (Å²) in [6.45, 7) is 1.63. The number of thioether (sulfide) groups is 1. The van der Waals surface area contributed by atoms with Crippen LogP contribution in [0.2, 0.25) is 0 Å². The molecular formula is C4H11ClN2OPS+. The fourth-order valence-corrected chi connectivity index (χ4v) is 2.83. The molecule has 0 heterocycles. The van der Waals surface area contributed by atoms with Crippen molar-refractivity contribution in [1.29, 1.82) is 0 Å². The van der Waals surface area contributed by atoms with Gasteiger partial charge >= 0.3 is 0 Å². The maximum atomic E-state index is 11.2. The first-order chi connectivity index (χ1) is 4.48. The number of amidine groups is 1. The first-order valence-corrected chi connectivity index (χ1v) is 6.64. The maximum absolute atomic E-state index is 11.2. The molecule has 0 aromatic heterocycles. The van der Waals surface area contributed by atoms with Crippen LogP contribution in [-0.2, 0) is 4.57 Å². The SMILES string of the molecule is CP(=O)(CCl)CSC(N)=[NH2+]. The largest absolute Gasteiger partial charge is 0.322 e. The molecular weight excluding hydrogens is 191 g/mol. The van der Waals surface area contributed by atoms with E-state index in [1.807, 2.05) is 0 Å². The molecule has 0 bridgehead atoms. The third-order valence-electron chi connectivity index (χ3n) is 0.757. The summed E-state index contributed by atoms with van der Waals surface area (Å²) in [6.07, 6.45) is 0. The molecule has 0 saturated heterocycles. The van der Waals surface area contributed by atoms with Crippen LogP contribution in [0.4, 0.5) is 0 Å². The highest BCUT2D eigenvalue weighted by Gasteiger charge is 2.14. The van der Waals surface area contributed by atoms with Gasteiger partial charge in [-0.25, -0.2) is 0 Å². The third kappa shape index (κ3) is 5.15. The zero-order chi connectivity index (χ0) is 8.20. The summed E-state index contributed by atoms with van der Waals surface area (Å²) < 4.78 is 11.2. The average Bonchev–Trinajstić information content (AvgIpc) is 1.85. The van der Waals surface area contributed by atoms with E-state index in [0.29, 0.717) is 5.49 Å². The van der Waals surface area contributed by atoms with Gasteiger partial charge in [0.1, 0.15) is 7.14 Å². The molecule has 0 spiro atoms. The highest BCUT2D eigenvalue weighted by Crippen LogP contribution is 2.44. The fourth-order valence-electron chi connectivity index (χ4n) is 0.246. The molecule has 0 aromatic rings. The van der Waals surface area contributed by atoms with Crippen molar-refractivity contribution in [2.45, 2.75) is 0 Å². The van der Waals surface area contributed by atoms with E-state index in [0.717, 1.165) is 0 Å². The Bertz CT molecular complexity index is 175. The Hall–Kier alpha value is 0.340. The lowest BCUT2D eigenvalue weighted by Crippen LogP contribution is -2.43. The van der Waals surface area contributed by atoms with Gasteiger partial charge in [-0.05, 0) is 18.4 Å². The summed E-state index contributed by atoms with van der Waals surface area (Å²) in [5.74, 6) is 0. The molecule has 3 nitrogen and oxygen atoms in total. The molecule has 0 saturated carbocycles. The molecule has 10 heavy (non-hydrogen) atoms. The van der Waals surface area contributed by atoms with Crippen LogP contribution >= 0.6 is 30.5 Å². The van der Waals surface area contributed by atoms with E-state index in [2.05, 4.69) is 0 Å². The predicted molar refractivity (Wildman–Crippen MR) is 47.8 cm³/mol. The van der Waals surface area contributed by atoms with Crippen LogP contribution in [0, 0.1) is 0 Å². The minimum Gasteiger partial charge on any atom is -0.322 e. The van der Waals surface area contributed by atoms with Crippen molar-refractivity contribution in [3.8, 4) is 0 Å². The van der Waals surface area contributed by atoms with E-state index in [9.17, 15) is 4.57 Å². The number of rotatable bonds is 3. The summed E-state index contributed by atoms with van der Waals surface area (Å²) in [4.78, 5) is 0. The zero-order valence-electron chi connectivity index (χ0n) is 5.71. The molecule has 1 atom stereocenters. The molecule has 1 unspecified atom stereocenters. The van der Waals surface area contributed by atoms with E-state index in [1.165, 1.54) is 11.8 Å². The van der Waals surface area contributed by atoms with Gasteiger partial charge < -0.3 is 4.57 Å². The molecule has 0 aliphatic carbocycles. The molecule has 0 amide bonds. The summed E-state index contributed by atoms with van der Waals surface area (Å²) >= 11 is 6.60. The molecule has 6 heteroatoms. The predicted octanol–water partition coefficient (Wildman–Crippen LogP) is -0.0599. The van der Waals surface area contributed by atoms with E-state index >= 15 is 0 Å². The Kier molecular flexibility index (Phi) is 4.41. The highest BCUT2D eigenvalue weighted by atomic mass is 35.5. The number of halogens is 1. The van der Waals surface area contributed by atoms with Crippen molar-refractivity contribution in [3.63, 3.8) is 0 Å². The van der Waals surface area contributed by atoms with Crippen molar-refractivity contribution in [2.24, 2.45) is 5.73 Å². The fraction of sp³-hybridized carbons (Fsp3) is 0.750. The van der Waals surface area contributed by atoms with Crippen LogP contribution in [0.25, 0.3) is 0 Å². The summed E-state index contributed by atoms with van der Waals surface area (Å²) in [5.41, 5.74) is 5.76. The van der Waals surface area contributed by atoms with Gasteiger partial charge in [0.25, 0.3) is 5.17 Å². The van der Waals surface area contributed by atoms with Crippen molar-refractivity contribution in [3.05, 3.63) is 0 Å². The van der Waals surface area contributed by atoms with Gasteiger partial charge in [-0.1, -0.05) is 0 Å². The Morgan fingerprint density at radius 3 is 2.70 bits per heavy atom. The molecule has 0 aromatic carbocycles. The van der Waals surface area contributed by atoms with E-state index in [4.69, 9.17) is 22.7 Å². The molecule has 0 aliphatic heterocycles. The van der Waals surface area contributed by atoms with Gasteiger partial charge in [-0.2, -0.15) is 0 Å². The summed E-state index contributed by atoms with van der Waals surface area (Å²) in [6, 6.07) is 0. The monoisotopic (exact) mass is 201 g/mol. The van der Waals surface area contributed by atoms with Crippen LogP contribution in [0.15, 0.2) is 0 Å². The van der Waals surface area contributed by atoms with Crippen molar-refractivity contribution < 1.29 is 9.97 Å². The number of hydrogen-bond donors (Lipinski definition) is 2. The Balaban J connectivity index is 3.68. The van der Waals surface area contributed by atoms with Crippen LogP contribution in [-0.4, -0.2) is 22.9 Å². The smallest absolute Gasteiger partial charge is 0.300 e. The standard InChI is InChI=1S/C4H10ClN2OPS/c1-9(8,2-5)3-10-4(6)7/h2-3H2,1H3,(H3,6,7)/p+1. The second-order valence-corrected chi connectivity index (χ2v) is 7.43. The number of nitrogens with two attached hydrogens (primary N) is 2. The summed E-state index contributed by atoms with van der Waals surface area (Å²) in [7, 11) is -2.18. The van der Waals surface area contributed by atoms with Gasteiger partial charge in [0.15, 0.2) is 0 Å². The number of hydrogen-bond acceptors (Lipinski definition) is 2. The highest BCUT2D eigenvalue weighted by molar-refractivity contribution is 8.17. The van der Waals surface area contributed by atoms with Crippen LogP contribution in [0.5, 0.6) is 0 Å². The maximum Gasteiger partial charge on any atom is 0.300 e. The molecule has 0 radical (unpaired) electrons. The Labute approximate surface area is 69.6 Å². The Morgan fingerprint density at radius 1 is 1.90 bits per heavy atom. The second-order valence-electron chi connectivity index (χ2n) is 2.09. The number of alkyl halides is 1. The van der Waals surface area contributed by atoms with Crippen LogP contribution in [0.1, 0.15) is 0 Å². The average molecular weight is 202 g/mol. The molecule has 0 aliphatic rings. The van der Waals surface area contributed by atoms with Crippen molar-refractivity contribution >= 4 is 35.7 Å². The zero-order valence-corrected chi connectivity index (χ0v) is 8.18. The first-order valence-electron chi connectivity index (χ1n) is 2.60. The minimum absolute atomic E-state index is 0.188. The van der Waals surface area contributed by atoms with E-state index in [1.54, 1.807) is 6.66 Å². The normalized spacial score (nSPS) is 16.2. The first kappa shape index (κ1) is 10.3. The lowest BCUT2D eigenvalue weighted by molar-refractivity contribution is -0.110. The van der Waals surface area contributed by atoms with E-state index < -0.39 is 7.14 Å². The van der Waals surface area contributed by atoms with Crippen molar-refractivity contribution in [1.82, 2.24) is 0 Å². The lowest BCUT2D eigenvalue weighted by Gasteiger charge is -2.04. The quantitative estimate of drug-likeness (QED) is 0.291. The molecule has 0 fully saturated rings. The molecule has 4 N–H and O–H groups in total. The molecule has 0 rings (SSSR count). The van der Waals surface area contributed by atoms with Gasteiger partial charge in [0, 0.05) is 0 Å². The Morgan fingerprint density at radius 2 is 2.40 bits per heavy atom. The van der Waals surface area contributed by atoms with E-state index in [-0.39, 0.29) is 10.8 Å². The van der Waals surface area contributed by atoms with Gasteiger partial charge in [0.05, 0.1) is 11.1 Å². The molecule has 60 valence electrons. The second kappa shape index (κ2) is 4.27. The van der Waals surface area contributed by atoms with Crippen LogP contribution in [0.3, 0.4) is 0 Å². The topological polar surface area (TPSA) is 68.7 Å². The summed E-state index contributed by atoms with van der Waals surface area (Å²) in [5, 5.41) is 5.39. The van der Waals surface area contributed by atoms with Gasteiger partial charge in [-0.3, -0.25) is 11.1 Å². The van der Waals surface area contributed by atoms with Crippen molar-refractivity contribution in [2.75, 3.05) is 17.8 Å². The lowest BCUT2D eigenvalue weighted by atomic mass is 11.4. The van der Waals surface area contributed by atoms with Crippen LogP contribution < -0.4 is 11.1 Å². The van der Waals surface area contributed by atoms with Gasteiger partial charge in [-0.15, -0.1) is 11.6 Å². The van der Waals surface area contributed by atoms with Gasteiger partial charge in [0.2, 0.25) is 0 Å².